The highest BCUT2D eigenvalue weighted by molar-refractivity contribution is 5.82. The van der Waals surface area contributed by atoms with Gasteiger partial charge in [0.15, 0.2) is 6.04 Å². The molecule has 0 aliphatic rings. The standard InChI is InChI=1S/C12H16N2O4/c1-8-2-4-9(5-3-8)6-13-12(18)14-10(7-15)11(16)17/h2-5,10,15H,6-7H2,1H3,(H,16,17)(H2,13,14,18)/t10-/m0/s1. The minimum Gasteiger partial charge on any atom is -0.480 e. The number of carbonyl (C=O) groups is 2. The zero-order chi connectivity index (χ0) is 13.5. The molecule has 18 heavy (non-hydrogen) atoms. The lowest BCUT2D eigenvalue weighted by molar-refractivity contribution is -0.140. The first kappa shape index (κ1) is 14.0. The second-order valence-corrected chi connectivity index (χ2v) is 3.89. The molecule has 98 valence electrons. The second kappa shape index (κ2) is 6.61. The van der Waals surface area contributed by atoms with Gasteiger partial charge in [0.2, 0.25) is 0 Å². The lowest BCUT2D eigenvalue weighted by Gasteiger charge is -2.12. The maximum absolute atomic E-state index is 11.4. The maximum Gasteiger partial charge on any atom is 0.328 e. The van der Waals surface area contributed by atoms with Crippen molar-refractivity contribution in [1.29, 1.82) is 0 Å². The van der Waals surface area contributed by atoms with E-state index >= 15 is 0 Å². The number of urea groups is 1. The van der Waals surface area contributed by atoms with Crippen LogP contribution < -0.4 is 10.6 Å². The molecule has 4 N–H and O–H groups in total. The summed E-state index contributed by atoms with van der Waals surface area (Å²) in [6.45, 7) is 1.61. The van der Waals surface area contributed by atoms with Crippen molar-refractivity contribution >= 4 is 12.0 Å². The van der Waals surface area contributed by atoms with E-state index in [-0.39, 0.29) is 0 Å². The van der Waals surface area contributed by atoms with Gasteiger partial charge < -0.3 is 20.8 Å². The monoisotopic (exact) mass is 252 g/mol. The summed E-state index contributed by atoms with van der Waals surface area (Å²) in [5, 5.41) is 22.0. The molecule has 0 aromatic heterocycles. The fourth-order valence-electron chi connectivity index (χ4n) is 1.28. The summed E-state index contributed by atoms with van der Waals surface area (Å²) in [6.07, 6.45) is 0. The minimum atomic E-state index is -1.29. The number of benzene rings is 1. The molecule has 0 radical (unpaired) electrons. The molecule has 0 saturated heterocycles. The number of carbonyl (C=O) groups excluding carboxylic acids is 1. The van der Waals surface area contributed by atoms with Gasteiger partial charge >= 0.3 is 12.0 Å². The lowest BCUT2D eigenvalue weighted by atomic mass is 10.1. The normalized spacial score (nSPS) is 11.7. The summed E-state index contributed by atoms with van der Waals surface area (Å²) < 4.78 is 0. The Morgan fingerprint density at radius 1 is 1.28 bits per heavy atom. The maximum atomic E-state index is 11.4. The molecule has 0 aliphatic heterocycles. The van der Waals surface area contributed by atoms with E-state index in [0.717, 1.165) is 11.1 Å². The number of nitrogens with one attached hydrogen (secondary N) is 2. The van der Waals surface area contributed by atoms with Crippen molar-refractivity contribution in [2.75, 3.05) is 6.61 Å². The average Bonchev–Trinajstić information content (AvgIpc) is 2.35. The molecule has 0 aliphatic carbocycles. The van der Waals surface area contributed by atoms with Crippen molar-refractivity contribution in [1.82, 2.24) is 10.6 Å². The van der Waals surface area contributed by atoms with Gasteiger partial charge in [0.25, 0.3) is 0 Å². The van der Waals surface area contributed by atoms with Gasteiger partial charge in [-0.1, -0.05) is 29.8 Å². The highest BCUT2D eigenvalue weighted by Gasteiger charge is 2.18. The fourth-order valence-corrected chi connectivity index (χ4v) is 1.28. The predicted octanol–water partition coefficient (Wildman–Crippen LogP) is 0.240. The van der Waals surface area contributed by atoms with Gasteiger partial charge in [0, 0.05) is 6.54 Å². The van der Waals surface area contributed by atoms with Crippen molar-refractivity contribution in [2.45, 2.75) is 19.5 Å². The van der Waals surface area contributed by atoms with E-state index in [9.17, 15) is 9.59 Å². The van der Waals surface area contributed by atoms with Gasteiger partial charge in [-0.15, -0.1) is 0 Å². The summed E-state index contributed by atoms with van der Waals surface area (Å²) in [4.78, 5) is 21.9. The van der Waals surface area contributed by atoms with Crippen LogP contribution in [0.2, 0.25) is 0 Å². The number of aryl methyl sites for hydroxylation is 1. The highest BCUT2D eigenvalue weighted by Crippen LogP contribution is 2.02. The van der Waals surface area contributed by atoms with Gasteiger partial charge in [0.05, 0.1) is 6.61 Å². The molecule has 6 nitrogen and oxygen atoms in total. The van der Waals surface area contributed by atoms with Crippen LogP contribution in [0.25, 0.3) is 0 Å². The molecule has 0 bridgehead atoms. The largest absolute Gasteiger partial charge is 0.480 e. The molecule has 2 amide bonds. The number of carboxylic acid groups (broad SMARTS) is 1. The fraction of sp³-hybridized carbons (Fsp3) is 0.333. The molecule has 1 aromatic carbocycles. The summed E-state index contributed by atoms with van der Waals surface area (Å²) in [6, 6.07) is 5.66. The third-order valence-corrected chi connectivity index (χ3v) is 2.36. The van der Waals surface area contributed by atoms with E-state index in [1.807, 2.05) is 31.2 Å². The van der Waals surface area contributed by atoms with Crippen LogP contribution in [0, 0.1) is 6.92 Å². The topological polar surface area (TPSA) is 98.7 Å². The van der Waals surface area contributed by atoms with E-state index < -0.39 is 24.6 Å². The Kier molecular flexibility index (Phi) is 5.13. The molecule has 0 spiro atoms. The van der Waals surface area contributed by atoms with E-state index in [2.05, 4.69) is 10.6 Å². The van der Waals surface area contributed by atoms with Crippen LogP contribution in [0.5, 0.6) is 0 Å². The molecule has 0 saturated carbocycles. The highest BCUT2D eigenvalue weighted by atomic mass is 16.4. The third-order valence-electron chi connectivity index (χ3n) is 2.36. The van der Waals surface area contributed by atoms with Crippen LogP contribution in [0.4, 0.5) is 4.79 Å². The average molecular weight is 252 g/mol. The summed E-state index contributed by atoms with van der Waals surface area (Å²) in [7, 11) is 0. The van der Waals surface area contributed by atoms with Gasteiger partial charge in [-0.05, 0) is 12.5 Å². The Bertz CT molecular complexity index is 417. The Balaban J connectivity index is 2.41. The molecular formula is C12H16N2O4. The van der Waals surface area contributed by atoms with Crippen LogP contribution in [0.1, 0.15) is 11.1 Å². The molecule has 6 heteroatoms. The zero-order valence-corrected chi connectivity index (χ0v) is 10.0. The smallest absolute Gasteiger partial charge is 0.328 e. The van der Waals surface area contributed by atoms with Crippen molar-refractivity contribution in [3.05, 3.63) is 35.4 Å². The van der Waals surface area contributed by atoms with Crippen LogP contribution in [-0.2, 0) is 11.3 Å². The number of rotatable bonds is 5. The third kappa shape index (κ3) is 4.42. The number of carboxylic acids is 1. The van der Waals surface area contributed by atoms with Gasteiger partial charge in [-0.3, -0.25) is 0 Å². The number of aliphatic hydroxyl groups is 1. The van der Waals surface area contributed by atoms with E-state index in [1.165, 1.54) is 0 Å². The van der Waals surface area contributed by atoms with Crippen LogP contribution in [0.15, 0.2) is 24.3 Å². The first-order valence-corrected chi connectivity index (χ1v) is 5.46. The summed E-state index contributed by atoms with van der Waals surface area (Å²) in [5.74, 6) is -1.28. The van der Waals surface area contributed by atoms with E-state index in [0.29, 0.717) is 6.54 Å². The Morgan fingerprint density at radius 2 is 1.89 bits per heavy atom. The number of aliphatic hydroxyl groups excluding tert-OH is 1. The molecule has 1 rings (SSSR count). The molecule has 0 unspecified atom stereocenters. The van der Waals surface area contributed by atoms with E-state index in [1.54, 1.807) is 0 Å². The molecule has 1 atom stereocenters. The first-order chi connectivity index (χ1) is 8.52. The van der Waals surface area contributed by atoms with Crippen LogP contribution in [-0.4, -0.2) is 34.9 Å². The Hall–Kier alpha value is -2.08. The minimum absolute atomic E-state index is 0.296. The van der Waals surface area contributed by atoms with Crippen molar-refractivity contribution in [3.63, 3.8) is 0 Å². The quantitative estimate of drug-likeness (QED) is 0.603. The van der Waals surface area contributed by atoms with Crippen molar-refractivity contribution in [2.24, 2.45) is 0 Å². The van der Waals surface area contributed by atoms with Crippen LogP contribution in [0.3, 0.4) is 0 Å². The zero-order valence-electron chi connectivity index (χ0n) is 10.0. The lowest BCUT2D eigenvalue weighted by Crippen LogP contribution is -2.47. The summed E-state index contributed by atoms with van der Waals surface area (Å²) in [5.41, 5.74) is 2.03. The van der Waals surface area contributed by atoms with Gasteiger partial charge in [-0.2, -0.15) is 0 Å². The van der Waals surface area contributed by atoms with Crippen LogP contribution >= 0.6 is 0 Å². The number of hydrogen-bond donors (Lipinski definition) is 4. The predicted molar refractivity (Wildman–Crippen MR) is 65.1 cm³/mol. The van der Waals surface area contributed by atoms with Crippen molar-refractivity contribution < 1.29 is 19.8 Å². The Morgan fingerprint density at radius 3 is 2.39 bits per heavy atom. The molecule has 0 fully saturated rings. The first-order valence-electron chi connectivity index (χ1n) is 5.46. The number of hydrogen-bond acceptors (Lipinski definition) is 3. The van der Waals surface area contributed by atoms with E-state index in [4.69, 9.17) is 10.2 Å². The van der Waals surface area contributed by atoms with Crippen molar-refractivity contribution in [3.8, 4) is 0 Å². The summed E-state index contributed by atoms with van der Waals surface area (Å²) >= 11 is 0. The SMILES string of the molecule is Cc1ccc(CNC(=O)N[C@@H](CO)C(=O)O)cc1. The molecular weight excluding hydrogens is 236 g/mol. The molecule has 0 heterocycles. The number of amides is 2. The number of aliphatic carboxylic acids is 1. The molecule has 1 aromatic rings. The van der Waals surface area contributed by atoms with Gasteiger partial charge in [-0.25, -0.2) is 9.59 Å². The Labute approximate surface area is 105 Å². The van der Waals surface area contributed by atoms with Gasteiger partial charge in [0.1, 0.15) is 0 Å². The second-order valence-electron chi connectivity index (χ2n) is 3.89.